The first-order chi connectivity index (χ1) is 38.5. The van der Waals surface area contributed by atoms with Gasteiger partial charge in [0, 0.05) is 70.7 Å². The number of esters is 1. The van der Waals surface area contributed by atoms with Gasteiger partial charge >= 0.3 is 11.9 Å². The molecule has 0 bridgehead atoms. The van der Waals surface area contributed by atoms with Gasteiger partial charge in [-0.05, 0) is 111 Å². The SMILES string of the molecule is [C-]#[N+]c1ccc(/C(COc2ccc(CNc3ccc(-c4onc(C)c4CCC(=O)O)cc3)cc2)=N/OC)cc1.[C-]#[N+]c1ccc(/C(COc2ccc(CNc3ccc(-c4onc(C)c4CCC(=O)OC)cc3)cc2)=N/OC)cc1. The number of carboxylic acids is 1. The van der Waals surface area contributed by atoms with Crippen LogP contribution in [0, 0.1) is 27.0 Å². The first kappa shape index (κ1) is 56.5. The molecule has 6 aromatic carbocycles. The maximum absolute atomic E-state index is 11.6. The summed E-state index contributed by atoms with van der Waals surface area (Å²) in [5.41, 5.74) is 13.0. The topological polar surface area (TPSA) is 210 Å². The number of aromatic nitrogens is 2. The Hall–Kier alpha value is -10.2. The Balaban J connectivity index is 0.000000229. The van der Waals surface area contributed by atoms with Gasteiger partial charge in [0.2, 0.25) is 0 Å². The van der Waals surface area contributed by atoms with Gasteiger partial charge in [-0.25, -0.2) is 9.69 Å². The Morgan fingerprint density at radius 1 is 0.557 bits per heavy atom. The number of carbonyl (C=O) groups excluding carboxylic acids is 1. The van der Waals surface area contributed by atoms with Crippen molar-refractivity contribution < 1.29 is 47.6 Å². The van der Waals surface area contributed by atoms with Crippen molar-refractivity contribution in [2.45, 2.75) is 52.6 Å². The summed E-state index contributed by atoms with van der Waals surface area (Å²) >= 11 is 0. The maximum atomic E-state index is 11.6. The molecule has 0 atom stereocenters. The van der Waals surface area contributed by atoms with Crippen LogP contribution >= 0.6 is 0 Å². The second-order valence-corrected chi connectivity index (χ2v) is 17.6. The third kappa shape index (κ3) is 16.4. The van der Waals surface area contributed by atoms with E-state index in [2.05, 4.69) is 40.9 Å². The summed E-state index contributed by atoms with van der Waals surface area (Å²) in [6.45, 7) is 19.6. The molecule has 402 valence electrons. The fraction of sp³-hybridized carbons (Fsp3) is 0.213. The van der Waals surface area contributed by atoms with Crippen LogP contribution in [0.4, 0.5) is 22.7 Å². The van der Waals surface area contributed by atoms with Crippen LogP contribution in [0.3, 0.4) is 0 Å². The number of anilines is 2. The van der Waals surface area contributed by atoms with Gasteiger partial charge < -0.3 is 48.7 Å². The van der Waals surface area contributed by atoms with Gasteiger partial charge in [0.1, 0.15) is 50.4 Å². The van der Waals surface area contributed by atoms with E-state index >= 15 is 0 Å². The average molecular weight is 1060 g/mol. The van der Waals surface area contributed by atoms with Gasteiger partial charge in [-0.1, -0.05) is 93.4 Å². The molecule has 8 rings (SSSR count). The lowest BCUT2D eigenvalue weighted by Gasteiger charge is -2.11. The van der Waals surface area contributed by atoms with E-state index in [9.17, 15) is 9.59 Å². The highest BCUT2D eigenvalue weighted by Gasteiger charge is 2.18. The zero-order valence-corrected chi connectivity index (χ0v) is 44.3. The van der Waals surface area contributed by atoms with E-state index in [1.165, 1.54) is 21.3 Å². The Kier molecular flexibility index (Phi) is 20.5. The molecule has 0 amide bonds. The van der Waals surface area contributed by atoms with Gasteiger partial charge in [0.05, 0.1) is 31.6 Å². The van der Waals surface area contributed by atoms with E-state index in [0.29, 0.717) is 77.4 Å². The van der Waals surface area contributed by atoms with Gasteiger partial charge in [0.15, 0.2) is 22.9 Å². The predicted molar refractivity (Wildman–Crippen MR) is 301 cm³/mol. The minimum Gasteiger partial charge on any atom is -0.487 e. The number of rotatable bonds is 24. The number of carboxylic acid groups (broad SMARTS) is 1. The summed E-state index contributed by atoms with van der Waals surface area (Å²) in [6, 6.07) is 45.5. The first-order valence-electron chi connectivity index (χ1n) is 24.9. The molecule has 3 N–H and O–H groups in total. The number of carbonyl (C=O) groups is 2. The second-order valence-electron chi connectivity index (χ2n) is 17.6. The minimum atomic E-state index is -0.852. The molecule has 0 radical (unpaired) electrons. The van der Waals surface area contributed by atoms with Crippen molar-refractivity contribution in [2.24, 2.45) is 10.3 Å². The number of hydrogen-bond donors (Lipinski definition) is 3. The van der Waals surface area contributed by atoms with Crippen LogP contribution < -0.4 is 20.1 Å². The highest BCUT2D eigenvalue weighted by Crippen LogP contribution is 2.31. The van der Waals surface area contributed by atoms with Crippen LogP contribution in [0.15, 0.2) is 165 Å². The lowest BCUT2D eigenvalue weighted by atomic mass is 10.0. The van der Waals surface area contributed by atoms with Crippen LogP contribution in [-0.2, 0) is 49.9 Å². The first-order valence-corrected chi connectivity index (χ1v) is 24.9. The van der Waals surface area contributed by atoms with E-state index in [4.69, 9.17) is 51.2 Å². The molecule has 2 aromatic heterocycles. The maximum Gasteiger partial charge on any atom is 0.305 e. The zero-order valence-electron chi connectivity index (χ0n) is 44.3. The molecular weight excluding hydrogens is 1000 g/mol. The van der Waals surface area contributed by atoms with E-state index in [1.807, 2.05) is 135 Å². The number of hydrogen-bond acceptors (Lipinski definition) is 15. The van der Waals surface area contributed by atoms with Crippen molar-refractivity contribution in [1.29, 1.82) is 0 Å². The molecule has 0 unspecified atom stereocenters. The summed E-state index contributed by atoms with van der Waals surface area (Å²) in [6.07, 6.45) is 1.18. The normalized spacial score (nSPS) is 11.0. The standard InChI is InChI=1S/C31H30N4O5.C30H28N4O5/c1-21-28(17-18-30(36)37-3)31(40-34-21)24-9-13-26(14-10-24)33-19-22-5-15-27(16-6-22)39-20-29(35-38-4)23-7-11-25(32-2)12-8-23;1-20-27(16-17-29(35)36)30(39-33-20)23-8-12-25(13-9-23)32-18-21-4-14-26(15-5-21)38-19-28(34-37-3)22-6-10-24(31-2)11-7-22/h5-16,33H,17-20H2,1,3-4H3;4-15,32H,16-19H2,1,3H3,(H,35,36)/b35-29+;34-28+. The highest BCUT2D eigenvalue weighted by molar-refractivity contribution is 6.02. The molecule has 0 aliphatic carbocycles. The van der Waals surface area contributed by atoms with E-state index in [0.717, 1.165) is 61.6 Å². The summed E-state index contributed by atoms with van der Waals surface area (Å²) in [7, 11) is 4.36. The van der Waals surface area contributed by atoms with Crippen LogP contribution in [0.5, 0.6) is 11.5 Å². The summed E-state index contributed by atoms with van der Waals surface area (Å²) in [5.74, 6) is 1.57. The number of ether oxygens (including phenoxy) is 3. The Morgan fingerprint density at radius 3 is 1.30 bits per heavy atom. The molecule has 18 heteroatoms. The minimum absolute atomic E-state index is 0.0262. The number of oxime groups is 2. The average Bonchev–Trinajstić information content (AvgIpc) is 4.11. The van der Waals surface area contributed by atoms with Crippen molar-refractivity contribution in [3.8, 4) is 34.1 Å². The molecule has 0 fully saturated rings. The number of methoxy groups -OCH3 is 1. The largest absolute Gasteiger partial charge is 0.487 e. The lowest BCUT2D eigenvalue weighted by molar-refractivity contribution is -0.140. The smallest absolute Gasteiger partial charge is 0.305 e. The molecule has 0 aliphatic rings. The van der Waals surface area contributed by atoms with Crippen LogP contribution in [-0.4, -0.2) is 73.3 Å². The predicted octanol–water partition coefficient (Wildman–Crippen LogP) is 12.6. The monoisotopic (exact) mass is 1060 g/mol. The van der Waals surface area contributed by atoms with E-state index < -0.39 is 5.97 Å². The number of aliphatic carboxylic acids is 1. The molecule has 18 nitrogen and oxygen atoms in total. The Bertz CT molecular complexity index is 3410. The molecule has 2 heterocycles. The summed E-state index contributed by atoms with van der Waals surface area (Å²) < 4.78 is 27.6. The summed E-state index contributed by atoms with van der Waals surface area (Å²) in [5, 5.41) is 32.1. The fourth-order valence-electron chi connectivity index (χ4n) is 7.98. The van der Waals surface area contributed by atoms with Crippen LogP contribution in [0.1, 0.15) is 57.6 Å². The fourth-order valence-corrected chi connectivity index (χ4v) is 7.98. The van der Waals surface area contributed by atoms with Crippen molar-refractivity contribution in [1.82, 2.24) is 10.3 Å². The van der Waals surface area contributed by atoms with Gasteiger partial charge in [0.25, 0.3) is 0 Å². The van der Waals surface area contributed by atoms with Crippen molar-refractivity contribution in [2.75, 3.05) is 45.2 Å². The van der Waals surface area contributed by atoms with Gasteiger partial charge in [-0.15, -0.1) is 0 Å². The van der Waals surface area contributed by atoms with Crippen molar-refractivity contribution in [3.05, 3.63) is 213 Å². The molecule has 8 aromatic rings. The molecule has 0 spiro atoms. The van der Waals surface area contributed by atoms with Gasteiger partial charge in [-0.2, -0.15) is 0 Å². The highest BCUT2D eigenvalue weighted by atomic mass is 16.6. The van der Waals surface area contributed by atoms with E-state index in [1.54, 1.807) is 24.3 Å². The van der Waals surface area contributed by atoms with Gasteiger partial charge in [-0.3, -0.25) is 9.59 Å². The molecule has 0 aliphatic heterocycles. The zero-order chi connectivity index (χ0) is 55.9. The Morgan fingerprint density at radius 2 is 0.949 bits per heavy atom. The Labute approximate surface area is 457 Å². The number of nitrogens with zero attached hydrogens (tertiary/aromatic N) is 6. The third-order valence-corrected chi connectivity index (χ3v) is 12.3. The van der Waals surface area contributed by atoms with E-state index in [-0.39, 0.29) is 32.0 Å². The third-order valence-electron chi connectivity index (χ3n) is 12.3. The molecular formula is C61H58N8O10. The molecule has 0 saturated heterocycles. The second kappa shape index (κ2) is 28.6. The lowest BCUT2D eigenvalue weighted by Crippen LogP contribution is -2.13. The number of aryl methyl sites for hydroxylation is 2. The van der Waals surface area contributed by atoms with Crippen LogP contribution in [0.2, 0.25) is 0 Å². The number of nitrogens with one attached hydrogen (secondary N) is 2. The summed E-state index contributed by atoms with van der Waals surface area (Å²) in [4.78, 5) is 39.3. The van der Waals surface area contributed by atoms with Crippen LogP contribution in [0.25, 0.3) is 32.3 Å². The van der Waals surface area contributed by atoms with Crippen molar-refractivity contribution in [3.63, 3.8) is 0 Å². The molecule has 0 saturated carbocycles. The molecule has 79 heavy (non-hydrogen) atoms. The quantitative estimate of drug-likeness (QED) is 0.0223. The van der Waals surface area contributed by atoms with Crippen molar-refractivity contribution >= 4 is 46.1 Å². The number of benzene rings is 6.